The Balaban J connectivity index is 1.39. The Labute approximate surface area is 163 Å². The van der Waals surface area contributed by atoms with Crippen LogP contribution in [0.4, 0.5) is 0 Å². The number of rotatable bonds is 5. The zero-order valence-corrected chi connectivity index (χ0v) is 16.1. The number of likely N-dealkylation sites (tertiary alicyclic amines) is 1. The van der Waals surface area contributed by atoms with E-state index in [0.29, 0.717) is 43.0 Å². The van der Waals surface area contributed by atoms with Gasteiger partial charge in [0.2, 0.25) is 0 Å². The molecule has 1 saturated carbocycles. The maximum Gasteiger partial charge on any atom is 0.321 e. The fraction of sp³-hybridized carbons (Fsp3) is 0.833. The normalized spacial score (nSPS) is 36.2. The average Bonchev–Trinajstić information content (AvgIpc) is 3.27. The molecule has 2 aliphatic heterocycles. The van der Waals surface area contributed by atoms with Crippen LogP contribution in [0.15, 0.2) is 0 Å². The van der Waals surface area contributed by atoms with E-state index in [4.69, 9.17) is 0 Å². The molecule has 3 unspecified atom stereocenters. The number of carboxylic acids is 2. The summed E-state index contributed by atoms with van der Waals surface area (Å²) in [5.74, 6) is 0.353. The monoisotopic (exact) mass is 392 g/mol. The predicted octanol–water partition coefficient (Wildman–Crippen LogP) is 0.161. The third-order valence-electron chi connectivity index (χ3n) is 6.73. The number of carboxylic acid groups (broad SMARTS) is 2. The van der Waals surface area contributed by atoms with Gasteiger partial charge in [0.15, 0.2) is 5.82 Å². The summed E-state index contributed by atoms with van der Waals surface area (Å²) in [4.78, 5) is 26.7. The van der Waals surface area contributed by atoms with Gasteiger partial charge in [-0.05, 0) is 68.5 Å². The highest BCUT2D eigenvalue weighted by Gasteiger charge is 2.42. The highest BCUT2D eigenvalue weighted by Crippen LogP contribution is 2.40. The van der Waals surface area contributed by atoms with E-state index >= 15 is 0 Å². The lowest BCUT2D eigenvalue weighted by Gasteiger charge is -2.42. The van der Waals surface area contributed by atoms with Gasteiger partial charge >= 0.3 is 11.9 Å². The molecule has 0 radical (unpaired) electrons. The first-order valence-electron chi connectivity index (χ1n) is 10.1. The smallest absolute Gasteiger partial charge is 0.321 e. The Bertz CT molecular complexity index is 739. The lowest BCUT2D eigenvalue weighted by Crippen LogP contribution is -2.50. The van der Waals surface area contributed by atoms with Gasteiger partial charge in [-0.2, -0.15) is 4.80 Å². The van der Waals surface area contributed by atoms with E-state index in [2.05, 4.69) is 20.7 Å². The second kappa shape index (κ2) is 7.75. The molecule has 3 heterocycles. The number of fused-ring (bicyclic) bond motifs is 1. The molecule has 10 heteroatoms. The van der Waals surface area contributed by atoms with Crippen LogP contribution in [0.1, 0.15) is 44.0 Å². The molecule has 6 atom stereocenters. The molecule has 2 saturated heterocycles. The summed E-state index contributed by atoms with van der Waals surface area (Å²) >= 11 is 0. The van der Waals surface area contributed by atoms with E-state index in [0.717, 1.165) is 32.4 Å². The van der Waals surface area contributed by atoms with E-state index in [1.165, 1.54) is 0 Å². The fourth-order valence-corrected chi connectivity index (χ4v) is 5.31. The lowest BCUT2D eigenvalue weighted by molar-refractivity contribution is -0.143. The van der Waals surface area contributed by atoms with Crippen LogP contribution in [0.25, 0.3) is 0 Å². The van der Waals surface area contributed by atoms with Gasteiger partial charge in [0.25, 0.3) is 0 Å². The average molecular weight is 392 g/mol. The van der Waals surface area contributed by atoms with Gasteiger partial charge in [0.1, 0.15) is 12.1 Å². The first-order valence-corrected chi connectivity index (χ1v) is 10.1. The van der Waals surface area contributed by atoms with E-state index in [-0.39, 0.29) is 6.04 Å². The van der Waals surface area contributed by atoms with Gasteiger partial charge in [-0.3, -0.25) is 14.5 Å². The maximum absolute atomic E-state index is 11.8. The maximum atomic E-state index is 11.8. The molecule has 10 nitrogen and oxygen atoms in total. The number of hydrogen-bond donors (Lipinski definition) is 3. The molecule has 0 amide bonds. The topological polar surface area (TPSA) is 133 Å². The van der Waals surface area contributed by atoms with Crippen LogP contribution in [0.2, 0.25) is 0 Å². The second-order valence-corrected chi connectivity index (χ2v) is 8.59. The van der Waals surface area contributed by atoms with E-state index in [1.807, 2.05) is 4.90 Å². The van der Waals surface area contributed by atoms with Crippen LogP contribution >= 0.6 is 0 Å². The van der Waals surface area contributed by atoms with Gasteiger partial charge < -0.3 is 15.5 Å². The Morgan fingerprint density at radius 2 is 1.96 bits per heavy atom. The summed E-state index contributed by atoms with van der Waals surface area (Å²) in [7, 11) is 0. The zero-order valence-electron chi connectivity index (χ0n) is 16.1. The quantitative estimate of drug-likeness (QED) is 0.640. The molecule has 1 aliphatic carbocycles. The first-order chi connectivity index (χ1) is 13.4. The Hall–Kier alpha value is -2.07. The van der Waals surface area contributed by atoms with Crippen molar-refractivity contribution >= 4 is 11.9 Å². The van der Waals surface area contributed by atoms with Crippen LogP contribution < -0.4 is 5.32 Å². The minimum absolute atomic E-state index is 0.0751. The number of nitrogens with one attached hydrogen (secondary N) is 1. The number of hydrogen-bond acceptors (Lipinski definition) is 7. The van der Waals surface area contributed by atoms with Crippen LogP contribution in [0.5, 0.6) is 0 Å². The minimum atomic E-state index is -0.805. The first kappa shape index (κ1) is 19.3. The van der Waals surface area contributed by atoms with Crippen molar-refractivity contribution < 1.29 is 19.8 Å². The van der Waals surface area contributed by atoms with Crippen molar-refractivity contribution in [3.63, 3.8) is 0 Å². The van der Waals surface area contributed by atoms with E-state index in [9.17, 15) is 19.8 Å². The highest BCUT2D eigenvalue weighted by atomic mass is 16.4. The van der Waals surface area contributed by atoms with E-state index < -0.39 is 24.0 Å². The van der Waals surface area contributed by atoms with Gasteiger partial charge in [-0.15, -0.1) is 10.2 Å². The van der Waals surface area contributed by atoms with Gasteiger partial charge in [-0.1, -0.05) is 0 Å². The third-order valence-corrected chi connectivity index (χ3v) is 6.73. The summed E-state index contributed by atoms with van der Waals surface area (Å²) in [5.41, 5.74) is 0. The Morgan fingerprint density at radius 3 is 2.64 bits per heavy atom. The van der Waals surface area contributed by atoms with Crippen LogP contribution in [0, 0.1) is 24.7 Å². The van der Waals surface area contributed by atoms with Crippen molar-refractivity contribution in [2.45, 2.75) is 57.2 Å². The summed E-state index contributed by atoms with van der Waals surface area (Å²) in [6.45, 7) is 3.88. The number of carbonyl (C=O) groups is 2. The summed E-state index contributed by atoms with van der Waals surface area (Å²) in [6, 6.07) is -1.06. The molecule has 28 heavy (non-hydrogen) atoms. The molecule has 0 aromatic carbocycles. The summed E-state index contributed by atoms with van der Waals surface area (Å²) < 4.78 is 0. The summed E-state index contributed by atoms with van der Waals surface area (Å²) in [6.07, 6.45) is 4.27. The van der Waals surface area contributed by atoms with Crippen LogP contribution in [-0.2, 0) is 9.59 Å². The molecule has 1 aromatic rings. The van der Waals surface area contributed by atoms with Crippen molar-refractivity contribution in [2.75, 3.05) is 19.6 Å². The third kappa shape index (κ3) is 3.88. The van der Waals surface area contributed by atoms with Crippen molar-refractivity contribution in [2.24, 2.45) is 17.8 Å². The predicted molar refractivity (Wildman–Crippen MR) is 97.6 cm³/mol. The van der Waals surface area contributed by atoms with Crippen molar-refractivity contribution in [1.82, 2.24) is 30.4 Å². The second-order valence-electron chi connectivity index (χ2n) is 8.59. The number of tetrazole rings is 1. The molecule has 4 rings (SSSR count). The summed E-state index contributed by atoms with van der Waals surface area (Å²) in [5, 5.41) is 34.3. The molecule has 3 N–H and O–H groups in total. The lowest BCUT2D eigenvalue weighted by atomic mass is 9.69. The molecule has 3 aliphatic rings. The molecule has 1 aromatic heterocycles. The van der Waals surface area contributed by atoms with E-state index in [1.54, 1.807) is 11.7 Å². The number of aromatic nitrogens is 4. The largest absolute Gasteiger partial charge is 0.480 e. The van der Waals surface area contributed by atoms with Gasteiger partial charge in [0, 0.05) is 13.1 Å². The van der Waals surface area contributed by atoms with Gasteiger partial charge in [0.05, 0.1) is 6.04 Å². The van der Waals surface area contributed by atoms with Gasteiger partial charge in [-0.25, -0.2) is 0 Å². The van der Waals surface area contributed by atoms with Crippen LogP contribution in [0.3, 0.4) is 0 Å². The number of aryl methyl sites for hydroxylation is 1. The molecular weight excluding hydrogens is 364 g/mol. The Morgan fingerprint density at radius 1 is 1.14 bits per heavy atom. The zero-order chi connectivity index (χ0) is 19.8. The number of nitrogens with zero attached hydrogens (tertiary/aromatic N) is 5. The highest BCUT2D eigenvalue weighted by molar-refractivity contribution is 5.74. The van der Waals surface area contributed by atoms with Crippen LogP contribution in [-0.4, -0.2) is 79.0 Å². The standard InChI is InChI=1S/C18H28N6O4/c1-10-20-22-24(21-10)14-6-16(18(27)28)23(9-14)8-11-2-3-12-7-19-15(17(25)26)5-13(12)4-11/h11-16,19H,2-9H2,1H3,(H,25,26)(H,27,28)/t11?,12-,13?,14-,15?,16-/m0/s1. The number of piperidine rings is 1. The molecular formula is C18H28N6O4. The number of aliphatic carboxylic acids is 2. The molecule has 3 fully saturated rings. The Kier molecular flexibility index (Phi) is 5.33. The van der Waals surface area contributed by atoms with Crippen molar-refractivity contribution in [3.05, 3.63) is 5.82 Å². The molecule has 0 bridgehead atoms. The SMILES string of the molecule is Cc1nnn([C@H]2C[C@@H](C(=O)O)N(CC3CC[C@H]4CNC(C(=O)O)CC4C3)C2)n1. The fourth-order valence-electron chi connectivity index (χ4n) is 5.31. The van der Waals surface area contributed by atoms with Crippen molar-refractivity contribution in [3.8, 4) is 0 Å². The minimum Gasteiger partial charge on any atom is -0.480 e. The van der Waals surface area contributed by atoms with Crippen molar-refractivity contribution in [1.29, 1.82) is 0 Å². The molecule has 0 spiro atoms. The molecule has 154 valence electrons.